The zero-order chi connectivity index (χ0) is 16.0. The molecule has 116 valence electrons. The van der Waals surface area contributed by atoms with Crippen molar-refractivity contribution in [2.75, 3.05) is 5.73 Å². The molecule has 3 aromatic rings. The van der Waals surface area contributed by atoms with E-state index >= 15 is 0 Å². The van der Waals surface area contributed by atoms with Gasteiger partial charge in [0, 0.05) is 23.6 Å². The highest BCUT2D eigenvalue weighted by Crippen LogP contribution is 2.50. The molecular weight excluding hydrogens is 282 g/mol. The topological polar surface area (TPSA) is 43.8 Å². The van der Waals surface area contributed by atoms with E-state index < -0.39 is 0 Å². The Morgan fingerprint density at radius 1 is 1.09 bits per heavy atom. The van der Waals surface area contributed by atoms with E-state index in [0.29, 0.717) is 5.92 Å². The average molecular weight is 303 g/mol. The predicted molar refractivity (Wildman–Crippen MR) is 94.2 cm³/mol. The van der Waals surface area contributed by atoms with Crippen LogP contribution in [0.25, 0.3) is 11.4 Å². The fraction of sp³-hybridized carbons (Fsp3) is 0.250. The molecule has 3 nitrogen and oxygen atoms in total. The normalized spacial score (nSPS) is 18.9. The average Bonchev–Trinajstić information content (AvgIpc) is 3.11. The van der Waals surface area contributed by atoms with E-state index in [-0.39, 0.29) is 5.54 Å². The van der Waals surface area contributed by atoms with Gasteiger partial charge in [-0.15, -0.1) is 0 Å². The van der Waals surface area contributed by atoms with Crippen molar-refractivity contribution in [3.8, 4) is 11.4 Å². The smallest absolute Gasteiger partial charge is 0.141 e. The van der Waals surface area contributed by atoms with Gasteiger partial charge in [0.15, 0.2) is 0 Å². The Balaban J connectivity index is 2.05. The molecule has 0 bridgehead atoms. The van der Waals surface area contributed by atoms with Gasteiger partial charge in [0.25, 0.3) is 0 Å². The van der Waals surface area contributed by atoms with Crippen molar-refractivity contribution in [3.63, 3.8) is 0 Å². The minimum absolute atomic E-state index is 0.204. The molecule has 1 aliphatic rings. The lowest BCUT2D eigenvalue weighted by Gasteiger charge is -2.35. The molecule has 1 aliphatic heterocycles. The van der Waals surface area contributed by atoms with Crippen molar-refractivity contribution >= 4 is 5.69 Å². The Hall–Kier alpha value is -2.55. The molecule has 0 saturated heterocycles. The van der Waals surface area contributed by atoms with Gasteiger partial charge in [0.1, 0.15) is 5.82 Å². The number of benzene rings is 2. The first-order valence-electron chi connectivity index (χ1n) is 8.12. The van der Waals surface area contributed by atoms with E-state index in [9.17, 15) is 0 Å². The fourth-order valence-electron chi connectivity index (χ4n) is 3.95. The van der Waals surface area contributed by atoms with Crippen LogP contribution in [0.15, 0.2) is 60.9 Å². The SMILES string of the molecule is CC(C)CC1(c2ccc(N)cc2)c2ccccc2-c2nccn21. The molecule has 0 saturated carbocycles. The predicted octanol–water partition coefficient (Wildman–Crippen LogP) is 4.28. The third kappa shape index (κ3) is 1.93. The maximum atomic E-state index is 5.92. The zero-order valence-electron chi connectivity index (χ0n) is 13.5. The van der Waals surface area contributed by atoms with Crippen molar-refractivity contribution in [3.05, 3.63) is 72.1 Å². The minimum Gasteiger partial charge on any atom is -0.399 e. The van der Waals surface area contributed by atoms with Crippen LogP contribution < -0.4 is 5.73 Å². The Labute approximate surface area is 136 Å². The Morgan fingerprint density at radius 2 is 1.83 bits per heavy atom. The highest BCUT2D eigenvalue weighted by atomic mass is 15.2. The molecule has 0 fully saturated rings. The molecule has 3 heteroatoms. The molecule has 23 heavy (non-hydrogen) atoms. The molecule has 2 N–H and O–H groups in total. The summed E-state index contributed by atoms with van der Waals surface area (Å²) in [5.74, 6) is 1.60. The van der Waals surface area contributed by atoms with Crippen LogP contribution in [-0.2, 0) is 5.54 Å². The summed E-state index contributed by atoms with van der Waals surface area (Å²) >= 11 is 0. The molecule has 4 rings (SSSR count). The van der Waals surface area contributed by atoms with Crippen LogP contribution in [0.1, 0.15) is 31.4 Å². The molecule has 1 aromatic heterocycles. The Kier molecular flexibility index (Phi) is 3.05. The molecule has 0 spiro atoms. The van der Waals surface area contributed by atoms with E-state index in [1.54, 1.807) is 0 Å². The fourth-order valence-corrected chi connectivity index (χ4v) is 3.95. The number of hydrogen-bond acceptors (Lipinski definition) is 2. The van der Waals surface area contributed by atoms with Gasteiger partial charge in [-0.1, -0.05) is 50.2 Å². The Morgan fingerprint density at radius 3 is 2.57 bits per heavy atom. The van der Waals surface area contributed by atoms with Crippen molar-refractivity contribution in [1.29, 1.82) is 0 Å². The molecule has 1 atom stereocenters. The van der Waals surface area contributed by atoms with Crippen LogP contribution in [0.4, 0.5) is 5.69 Å². The summed E-state index contributed by atoms with van der Waals surface area (Å²) < 4.78 is 2.34. The molecule has 1 unspecified atom stereocenters. The summed E-state index contributed by atoms with van der Waals surface area (Å²) in [6.07, 6.45) is 5.03. The second-order valence-corrected chi connectivity index (χ2v) is 6.75. The summed E-state index contributed by atoms with van der Waals surface area (Å²) in [6, 6.07) is 16.9. The van der Waals surface area contributed by atoms with Gasteiger partial charge in [-0.05, 0) is 35.6 Å². The quantitative estimate of drug-likeness (QED) is 0.734. The lowest BCUT2D eigenvalue weighted by molar-refractivity contribution is 0.358. The third-order valence-electron chi connectivity index (χ3n) is 4.76. The largest absolute Gasteiger partial charge is 0.399 e. The lowest BCUT2D eigenvalue weighted by atomic mass is 9.77. The molecule has 0 amide bonds. The van der Waals surface area contributed by atoms with Crippen LogP contribution in [-0.4, -0.2) is 9.55 Å². The van der Waals surface area contributed by atoms with Gasteiger partial charge in [-0.25, -0.2) is 4.98 Å². The third-order valence-corrected chi connectivity index (χ3v) is 4.76. The molecule has 0 radical (unpaired) electrons. The van der Waals surface area contributed by atoms with Gasteiger partial charge >= 0.3 is 0 Å². The first-order chi connectivity index (χ1) is 11.1. The minimum atomic E-state index is -0.204. The molecular formula is C20H21N3. The lowest BCUT2D eigenvalue weighted by Crippen LogP contribution is -2.34. The number of nitrogens with two attached hydrogens (primary N) is 1. The second kappa shape index (κ2) is 4.98. The molecule has 2 aromatic carbocycles. The van der Waals surface area contributed by atoms with E-state index in [2.05, 4.69) is 66.0 Å². The van der Waals surface area contributed by atoms with Gasteiger partial charge in [0.2, 0.25) is 0 Å². The number of hydrogen-bond donors (Lipinski definition) is 1. The summed E-state index contributed by atoms with van der Waals surface area (Å²) in [7, 11) is 0. The van der Waals surface area contributed by atoms with Crippen LogP contribution >= 0.6 is 0 Å². The Bertz CT molecular complexity index is 845. The van der Waals surface area contributed by atoms with Crippen molar-refractivity contribution in [2.45, 2.75) is 25.8 Å². The number of nitrogens with zero attached hydrogens (tertiary/aromatic N) is 2. The maximum Gasteiger partial charge on any atom is 0.141 e. The zero-order valence-corrected chi connectivity index (χ0v) is 13.5. The number of rotatable bonds is 3. The van der Waals surface area contributed by atoms with Gasteiger partial charge in [0.05, 0.1) is 5.54 Å². The van der Waals surface area contributed by atoms with Crippen molar-refractivity contribution in [2.24, 2.45) is 5.92 Å². The number of nitrogen functional groups attached to an aromatic ring is 1. The summed E-state index contributed by atoms with van der Waals surface area (Å²) in [5.41, 5.74) is 10.3. The maximum absolute atomic E-state index is 5.92. The highest BCUT2D eigenvalue weighted by Gasteiger charge is 2.44. The van der Waals surface area contributed by atoms with Gasteiger partial charge < -0.3 is 10.3 Å². The summed E-state index contributed by atoms with van der Waals surface area (Å²) in [4.78, 5) is 4.62. The number of fused-ring (bicyclic) bond motifs is 3. The van der Waals surface area contributed by atoms with Gasteiger partial charge in [-0.2, -0.15) is 0 Å². The number of imidazole rings is 1. The standard InChI is InChI=1S/C20H21N3/c1-14(2)13-20(15-7-9-16(21)10-8-15)18-6-4-3-5-17(18)19-22-11-12-23(19)20/h3-12,14H,13,21H2,1-2H3. The summed E-state index contributed by atoms with van der Waals surface area (Å²) in [5, 5.41) is 0. The highest BCUT2D eigenvalue weighted by molar-refractivity contribution is 5.71. The summed E-state index contributed by atoms with van der Waals surface area (Å²) in [6.45, 7) is 4.55. The first-order valence-corrected chi connectivity index (χ1v) is 8.12. The van der Waals surface area contributed by atoms with Crippen molar-refractivity contribution in [1.82, 2.24) is 9.55 Å². The monoisotopic (exact) mass is 303 g/mol. The second-order valence-electron chi connectivity index (χ2n) is 6.75. The van der Waals surface area contributed by atoms with Crippen LogP contribution in [0.5, 0.6) is 0 Å². The van der Waals surface area contributed by atoms with Crippen LogP contribution in [0.2, 0.25) is 0 Å². The van der Waals surface area contributed by atoms with E-state index in [4.69, 9.17) is 5.73 Å². The van der Waals surface area contributed by atoms with Gasteiger partial charge in [-0.3, -0.25) is 0 Å². The number of anilines is 1. The van der Waals surface area contributed by atoms with E-state index in [1.165, 1.54) is 16.7 Å². The van der Waals surface area contributed by atoms with Crippen LogP contribution in [0.3, 0.4) is 0 Å². The van der Waals surface area contributed by atoms with Crippen molar-refractivity contribution < 1.29 is 0 Å². The van der Waals surface area contributed by atoms with E-state index in [1.807, 2.05) is 18.3 Å². The van der Waals surface area contributed by atoms with E-state index in [0.717, 1.165) is 17.9 Å². The molecule has 0 aliphatic carbocycles. The number of aromatic nitrogens is 2. The molecule has 2 heterocycles. The van der Waals surface area contributed by atoms with Crippen LogP contribution in [0, 0.1) is 5.92 Å². The first kappa shape index (κ1) is 14.1.